The molecule has 4 rings (SSSR count). The Morgan fingerprint density at radius 3 is 2.93 bits per heavy atom. The molecule has 1 aliphatic heterocycles. The van der Waals surface area contributed by atoms with E-state index in [0.29, 0.717) is 6.42 Å². The molecule has 29 heavy (non-hydrogen) atoms. The van der Waals surface area contributed by atoms with E-state index in [1.165, 1.54) is 4.70 Å². The summed E-state index contributed by atoms with van der Waals surface area (Å²) in [5.41, 5.74) is 9.00. The molecule has 1 amide bonds. The zero-order valence-corrected chi connectivity index (χ0v) is 17.5. The lowest BCUT2D eigenvalue weighted by molar-refractivity contribution is -0.124. The second kappa shape index (κ2) is 8.81. The van der Waals surface area contributed by atoms with Gasteiger partial charge >= 0.3 is 0 Å². The Balaban J connectivity index is 1.37. The minimum atomic E-state index is -0.561. The molecule has 2 unspecified atom stereocenters. The second-order valence-electron chi connectivity index (χ2n) is 6.75. The van der Waals surface area contributed by atoms with Crippen molar-refractivity contribution in [2.75, 3.05) is 11.1 Å². The first-order valence-electron chi connectivity index (χ1n) is 9.26. The van der Waals surface area contributed by atoms with Crippen LogP contribution in [0.2, 0.25) is 0 Å². The highest BCUT2D eigenvalue weighted by molar-refractivity contribution is 8.01. The maximum absolute atomic E-state index is 12.1. The highest BCUT2D eigenvalue weighted by Crippen LogP contribution is 2.30. The van der Waals surface area contributed by atoms with Crippen molar-refractivity contribution in [1.29, 1.82) is 0 Å². The zero-order valence-electron chi connectivity index (χ0n) is 15.9. The van der Waals surface area contributed by atoms with Gasteiger partial charge in [0.15, 0.2) is 16.6 Å². The van der Waals surface area contributed by atoms with Crippen LogP contribution in [-0.4, -0.2) is 34.9 Å². The van der Waals surface area contributed by atoms with Gasteiger partial charge in [-0.1, -0.05) is 42.1 Å². The fourth-order valence-electron chi connectivity index (χ4n) is 3.04. The molecule has 7 nitrogen and oxygen atoms in total. The third kappa shape index (κ3) is 5.06. The average Bonchev–Trinajstić information content (AvgIpc) is 3.11. The topological polar surface area (TPSA) is 104 Å². The molecule has 1 fully saturated rings. The van der Waals surface area contributed by atoms with E-state index in [-0.39, 0.29) is 17.9 Å². The number of hydrogen-bond donors (Lipinski definition) is 4. The molecular formula is C20H22N6OS2. The number of nitrogens with zero attached hydrogens (tertiary/aromatic N) is 2. The first-order valence-corrected chi connectivity index (χ1v) is 11.1. The van der Waals surface area contributed by atoms with Crippen LogP contribution in [0.5, 0.6) is 0 Å². The zero-order chi connectivity index (χ0) is 20.2. The number of anilines is 1. The van der Waals surface area contributed by atoms with Crippen molar-refractivity contribution in [2.24, 2.45) is 10.7 Å². The number of carbonyl (C=O) groups excluding carboxylic acids is 1. The Labute approximate surface area is 177 Å². The summed E-state index contributed by atoms with van der Waals surface area (Å²) in [5, 5.41) is 9.24. The summed E-state index contributed by atoms with van der Waals surface area (Å²) in [6, 6.07) is 15.9. The van der Waals surface area contributed by atoms with Crippen molar-refractivity contribution >= 4 is 50.9 Å². The lowest BCUT2D eigenvalue weighted by atomic mass is 10.2. The molecule has 2 atom stereocenters. The third-order valence-electron chi connectivity index (χ3n) is 4.48. The molecule has 2 aromatic carbocycles. The summed E-state index contributed by atoms with van der Waals surface area (Å²) < 4.78 is 2.17. The summed E-state index contributed by atoms with van der Waals surface area (Å²) in [6.45, 7) is 1.99. The largest absolute Gasteiger partial charge is 0.370 e. The van der Waals surface area contributed by atoms with E-state index >= 15 is 0 Å². The van der Waals surface area contributed by atoms with Crippen LogP contribution in [0, 0.1) is 6.92 Å². The molecular weight excluding hydrogens is 404 g/mol. The van der Waals surface area contributed by atoms with Crippen molar-refractivity contribution in [3.05, 3.63) is 54.1 Å². The lowest BCUT2D eigenvalue weighted by Gasteiger charge is -2.29. The first-order chi connectivity index (χ1) is 14.1. The number of benzene rings is 2. The van der Waals surface area contributed by atoms with Crippen LogP contribution in [-0.2, 0) is 4.79 Å². The quantitative estimate of drug-likeness (QED) is 0.284. The number of aryl methyl sites for hydroxylation is 1. The van der Waals surface area contributed by atoms with E-state index in [0.717, 1.165) is 26.9 Å². The standard InChI is InChI=1S/C20H22N6OS2/c1-12-6-2-3-7-14(12)23-18(21)26-19-22-13(10-17(27)25-19)11-28-20-24-15-8-4-5-9-16(15)29-20/h2-9,13,19,22H,10-11H2,1H3,(H,25,27)(H3,21,23,26). The summed E-state index contributed by atoms with van der Waals surface area (Å²) in [6.07, 6.45) is -0.163. The summed E-state index contributed by atoms with van der Waals surface area (Å²) in [5.74, 6) is 0.928. The van der Waals surface area contributed by atoms with Gasteiger partial charge in [-0.3, -0.25) is 10.1 Å². The van der Waals surface area contributed by atoms with E-state index in [9.17, 15) is 4.79 Å². The van der Waals surface area contributed by atoms with Gasteiger partial charge in [-0.15, -0.1) is 11.3 Å². The van der Waals surface area contributed by atoms with Gasteiger partial charge in [0.1, 0.15) is 0 Å². The molecule has 0 spiro atoms. The van der Waals surface area contributed by atoms with Crippen molar-refractivity contribution in [1.82, 2.24) is 15.6 Å². The Hall–Kier alpha value is -2.62. The maximum atomic E-state index is 12.1. The predicted molar refractivity (Wildman–Crippen MR) is 120 cm³/mol. The third-order valence-corrected chi connectivity index (χ3v) is 6.82. The Morgan fingerprint density at radius 1 is 1.31 bits per heavy atom. The molecule has 1 saturated heterocycles. The van der Waals surface area contributed by atoms with Crippen LogP contribution >= 0.6 is 23.1 Å². The van der Waals surface area contributed by atoms with E-state index < -0.39 is 6.29 Å². The normalized spacial score (nSPS) is 19.9. The lowest BCUT2D eigenvalue weighted by Crippen LogP contribution is -2.57. The van der Waals surface area contributed by atoms with Gasteiger partial charge in [0.05, 0.1) is 10.2 Å². The van der Waals surface area contributed by atoms with Crippen molar-refractivity contribution < 1.29 is 4.79 Å². The number of thiazole rings is 1. The van der Waals surface area contributed by atoms with Gasteiger partial charge in [0.25, 0.3) is 0 Å². The predicted octanol–water partition coefficient (Wildman–Crippen LogP) is 2.89. The first kappa shape index (κ1) is 19.7. The Bertz CT molecular complexity index is 1020. The highest BCUT2D eigenvalue weighted by atomic mass is 32.2. The number of nitrogens with one attached hydrogen (secondary N) is 3. The van der Waals surface area contributed by atoms with Gasteiger partial charge < -0.3 is 16.4 Å². The van der Waals surface area contributed by atoms with E-state index in [1.54, 1.807) is 23.1 Å². The van der Waals surface area contributed by atoms with Crippen LogP contribution in [0.15, 0.2) is 57.9 Å². The number of hydrogen-bond acceptors (Lipinski definition) is 6. The number of aliphatic imine (C=N–C) groups is 1. The molecule has 9 heteroatoms. The SMILES string of the molecule is Cc1ccccc1N/C(N)=N/C1NC(=O)CC(CSc2nc3ccccc3s2)N1. The molecule has 0 radical (unpaired) electrons. The summed E-state index contributed by atoms with van der Waals surface area (Å²) in [4.78, 5) is 21.1. The number of carbonyl (C=O) groups is 1. The number of thioether (sulfide) groups is 1. The smallest absolute Gasteiger partial charge is 0.224 e. The van der Waals surface area contributed by atoms with E-state index in [2.05, 4.69) is 32.0 Å². The fourth-order valence-corrected chi connectivity index (χ4v) is 5.17. The minimum Gasteiger partial charge on any atom is -0.370 e. The van der Waals surface area contributed by atoms with Crippen LogP contribution < -0.4 is 21.7 Å². The number of fused-ring (bicyclic) bond motifs is 1. The Morgan fingerprint density at radius 2 is 2.10 bits per heavy atom. The molecule has 2 heterocycles. The molecule has 150 valence electrons. The number of amides is 1. The second-order valence-corrected chi connectivity index (χ2v) is 9.05. The highest BCUT2D eigenvalue weighted by Gasteiger charge is 2.26. The van der Waals surface area contributed by atoms with Crippen LogP contribution in [0.4, 0.5) is 5.69 Å². The van der Waals surface area contributed by atoms with Gasteiger partial charge in [0.2, 0.25) is 5.91 Å². The van der Waals surface area contributed by atoms with Crippen LogP contribution in [0.25, 0.3) is 10.2 Å². The molecule has 5 N–H and O–H groups in total. The van der Waals surface area contributed by atoms with Gasteiger partial charge in [-0.2, -0.15) is 0 Å². The molecule has 0 bridgehead atoms. The molecule has 0 aliphatic carbocycles. The molecule has 1 aromatic heterocycles. The van der Waals surface area contributed by atoms with Crippen molar-refractivity contribution in [2.45, 2.75) is 30.0 Å². The van der Waals surface area contributed by atoms with E-state index in [4.69, 9.17) is 5.73 Å². The number of para-hydroxylation sites is 2. The molecule has 1 aliphatic rings. The number of aromatic nitrogens is 1. The summed E-state index contributed by atoms with van der Waals surface area (Å²) >= 11 is 3.32. The van der Waals surface area contributed by atoms with E-state index in [1.807, 2.05) is 49.4 Å². The monoisotopic (exact) mass is 426 g/mol. The van der Waals surface area contributed by atoms with Gasteiger partial charge in [-0.25, -0.2) is 9.98 Å². The maximum Gasteiger partial charge on any atom is 0.224 e. The van der Waals surface area contributed by atoms with Gasteiger partial charge in [-0.05, 0) is 30.7 Å². The average molecular weight is 427 g/mol. The van der Waals surface area contributed by atoms with Crippen molar-refractivity contribution in [3.8, 4) is 0 Å². The van der Waals surface area contributed by atoms with Crippen molar-refractivity contribution in [3.63, 3.8) is 0 Å². The fraction of sp³-hybridized carbons (Fsp3) is 0.250. The van der Waals surface area contributed by atoms with Crippen LogP contribution in [0.3, 0.4) is 0 Å². The number of nitrogens with two attached hydrogens (primary N) is 1. The Kier molecular flexibility index (Phi) is 5.98. The summed E-state index contributed by atoms with van der Waals surface area (Å²) in [7, 11) is 0. The van der Waals surface area contributed by atoms with Crippen LogP contribution in [0.1, 0.15) is 12.0 Å². The number of guanidine groups is 1. The molecule has 3 aromatic rings. The molecule has 0 saturated carbocycles. The minimum absolute atomic E-state index is 0.0132. The number of rotatable bonds is 5. The van der Waals surface area contributed by atoms with Gasteiger partial charge in [0, 0.05) is 23.9 Å².